The molecule has 0 aliphatic heterocycles. The molecule has 0 aromatic heterocycles. The van der Waals surface area contributed by atoms with E-state index in [1.807, 2.05) is 12.1 Å². The van der Waals surface area contributed by atoms with Crippen molar-refractivity contribution >= 4 is 35.0 Å². The Morgan fingerprint density at radius 3 is 2.48 bits per heavy atom. The molecule has 122 valence electrons. The van der Waals surface area contributed by atoms with Crippen molar-refractivity contribution < 1.29 is 19.0 Å². The van der Waals surface area contributed by atoms with Crippen molar-refractivity contribution in [1.29, 1.82) is 0 Å². The summed E-state index contributed by atoms with van der Waals surface area (Å²) in [6.07, 6.45) is -0.605. The number of nitrogens with one attached hydrogen (secondary N) is 1. The second-order valence-electron chi connectivity index (χ2n) is 4.39. The molecule has 23 heavy (non-hydrogen) atoms. The predicted molar refractivity (Wildman–Crippen MR) is 89.9 cm³/mol. The van der Waals surface area contributed by atoms with Crippen LogP contribution in [0.3, 0.4) is 0 Å². The van der Waals surface area contributed by atoms with Gasteiger partial charge in [0.15, 0.2) is 11.5 Å². The van der Waals surface area contributed by atoms with Gasteiger partial charge in [0.2, 0.25) is 0 Å². The average molecular weight is 356 g/mol. The number of rotatable bonds is 6. The molecule has 0 bridgehead atoms. The van der Waals surface area contributed by atoms with E-state index in [1.165, 1.54) is 6.07 Å². The second-order valence-corrected chi connectivity index (χ2v) is 5.20. The zero-order chi connectivity index (χ0) is 16.7. The number of halogens is 2. The van der Waals surface area contributed by atoms with Gasteiger partial charge in [-0.15, -0.1) is 0 Å². The fraction of sp³-hybridized carbons (Fsp3) is 0.188. The Hall–Kier alpha value is -2.11. The Morgan fingerprint density at radius 1 is 1.04 bits per heavy atom. The third-order valence-electron chi connectivity index (χ3n) is 2.81. The lowest BCUT2D eigenvalue weighted by Crippen LogP contribution is -2.17. The lowest BCUT2D eigenvalue weighted by Gasteiger charge is -2.11. The Bertz CT molecular complexity index is 679. The van der Waals surface area contributed by atoms with Crippen LogP contribution in [0.25, 0.3) is 0 Å². The summed E-state index contributed by atoms with van der Waals surface area (Å²) in [5.41, 5.74) is 0.495. The Balaban J connectivity index is 1.75. The van der Waals surface area contributed by atoms with Crippen molar-refractivity contribution in [2.24, 2.45) is 0 Å². The molecule has 0 radical (unpaired) electrons. The van der Waals surface area contributed by atoms with Crippen LogP contribution in [-0.2, 0) is 4.74 Å². The van der Waals surface area contributed by atoms with Crippen LogP contribution >= 0.6 is 23.2 Å². The summed E-state index contributed by atoms with van der Waals surface area (Å²) in [6, 6.07) is 12.0. The van der Waals surface area contributed by atoms with Crippen LogP contribution in [0.1, 0.15) is 0 Å². The molecule has 1 amide bonds. The van der Waals surface area contributed by atoms with Gasteiger partial charge in [-0.3, -0.25) is 5.32 Å². The molecule has 2 aromatic rings. The van der Waals surface area contributed by atoms with Gasteiger partial charge in [-0.2, -0.15) is 0 Å². The van der Waals surface area contributed by atoms with E-state index < -0.39 is 6.09 Å². The molecular weight excluding hydrogens is 341 g/mol. The molecule has 0 aliphatic rings. The van der Waals surface area contributed by atoms with Gasteiger partial charge in [-0.25, -0.2) is 4.79 Å². The first-order valence-corrected chi connectivity index (χ1v) is 7.50. The maximum atomic E-state index is 11.7. The summed E-state index contributed by atoms with van der Waals surface area (Å²) >= 11 is 11.7. The molecular formula is C16H15Cl2NO4. The summed E-state index contributed by atoms with van der Waals surface area (Å²) in [5.74, 6) is 1.20. The summed E-state index contributed by atoms with van der Waals surface area (Å²) in [4.78, 5) is 11.7. The van der Waals surface area contributed by atoms with Crippen molar-refractivity contribution in [1.82, 2.24) is 0 Å². The first kappa shape index (κ1) is 17.2. The Labute approximate surface area is 144 Å². The first-order chi connectivity index (χ1) is 11.1. The number of carbonyl (C=O) groups is 1. The number of anilines is 1. The fourth-order valence-electron chi connectivity index (χ4n) is 1.75. The Kier molecular flexibility index (Phi) is 6.38. The van der Waals surface area contributed by atoms with E-state index in [9.17, 15) is 4.79 Å². The van der Waals surface area contributed by atoms with Crippen LogP contribution in [0.15, 0.2) is 42.5 Å². The molecule has 7 heteroatoms. The molecule has 0 fully saturated rings. The molecule has 0 saturated heterocycles. The molecule has 0 saturated carbocycles. The normalized spacial score (nSPS) is 10.0. The zero-order valence-corrected chi connectivity index (χ0v) is 13.9. The van der Waals surface area contributed by atoms with E-state index in [-0.39, 0.29) is 13.2 Å². The standard InChI is InChI=1S/C16H15Cl2NO4/c1-21-14-4-2-3-5-15(14)22-8-9-23-16(20)19-11-6-7-12(17)13(18)10-11/h2-7,10H,8-9H2,1H3,(H,19,20). The number of amides is 1. The van der Waals surface area contributed by atoms with Gasteiger partial charge in [0.25, 0.3) is 0 Å². The highest BCUT2D eigenvalue weighted by Gasteiger charge is 2.06. The number of benzene rings is 2. The molecule has 0 atom stereocenters. The van der Waals surface area contributed by atoms with Crippen LogP contribution < -0.4 is 14.8 Å². The van der Waals surface area contributed by atoms with Crippen LogP contribution in [0.5, 0.6) is 11.5 Å². The van der Waals surface area contributed by atoms with Gasteiger partial charge in [0, 0.05) is 5.69 Å². The van der Waals surface area contributed by atoms with Gasteiger partial charge in [0.1, 0.15) is 13.2 Å². The van der Waals surface area contributed by atoms with Gasteiger partial charge in [-0.1, -0.05) is 35.3 Å². The van der Waals surface area contributed by atoms with Crippen molar-refractivity contribution in [3.63, 3.8) is 0 Å². The van der Waals surface area contributed by atoms with Gasteiger partial charge in [-0.05, 0) is 30.3 Å². The molecule has 0 aliphatic carbocycles. The number of hydrogen-bond acceptors (Lipinski definition) is 4. The first-order valence-electron chi connectivity index (χ1n) is 6.75. The van der Waals surface area contributed by atoms with Gasteiger partial charge in [0.05, 0.1) is 17.2 Å². The quantitative estimate of drug-likeness (QED) is 0.767. The minimum absolute atomic E-state index is 0.0885. The van der Waals surface area contributed by atoms with Gasteiger partial charge >= 0.3 is 6.09 Å². The largest absolute Gasteiger partial charge is 0.493 e. The number of ether oxygens (including phenoxy) is 3. The smallest absolute Gasteiger partial charge is 0.411 e. The van der Waals surface area contributed by atoms with E-state index in [1.54, 1.807) is 31.4 Å². The average Bonchev–Trinajstić information content (AvgIpc) is 2.55. The van der Waals surface area contributed by atoms with Crippen molar-refractivity contribution in [3.05, 3.63) is 52.5 Å². The molecule has 0 spiro atoms. The molecule has 2 rings (SSSR count). The predicted octanol–water partition coefficient (Wildman–Crippen LogP) is 4.63. The van der Waals surface area contributed by atoms with Crippen LogP contribution in [0.4, 0.5) is 10.5 Å². The lowest BCUT2D eigenvalue weighted by molar-refractivity contribution is 0.136. The van der Waals surface area contributed by atoms with E-state index in [2.05, 4.69) is 5.32 Å². The van der Waals surface area contributed by atoms with E-state index in [0.29, 0.717) is 27.2 Å². The van der Waals surface area contributed by atoms with E-state index in [0.717, 1.165) is 0 Å². The van der Waals surface area contributed by atoms with E-state index >= 15 is 0 Å². The molecule has 1 N–H and O–H groups in total. The number of methoxy groups -OCH3 is 1. The highest BCUT2D eigenvalue weighted by Crippen LogP contribution is 2.26. The third kappa shape index (κ3) is 5.23. The highest BCUT2D eigenvalue weighted by molar-refractivity contribution is 6.42. The van der Waals surface area contributed by atoms with Crippen molar-refractivity contribution in [2.75, 3.05) is 25.6 Å². The van der Waals surface area contributed by atoms with Crippen LogP contribution in [0, 0.1) is 0 Å². The molecule has 0 unspecified atom stereocenters. The number of para-hydroxylation sites is 2. The summed E-state index contributed by atoms with van der Waals surface area (Å²) < 4.78 is 15.7. The SMILES string of the molecule is COc1ccccc1OCCOC(=O)Nc1ccc(Cl)c(Cl)c1. The lowest BCUT2D eigenvalue weighted by atomic mass is 10.3. The van der Waals surface area contributed by atoms with E-state index in [4.69, 9.17) is 37.4 Å². The summed E-state index contributed by atoms with van der Waals surface area (Å²) in [6.45, 7) is 0.292. The minimum Gasteiger partial charge on any atom is -0.493 e. The topological polar surface area (TPSA) is 56.8 Å². The molecule has 0 heterocycles. The van der Waals surface area contributed by atoms with Crippen molar-refractivity contribution in [3.8, 4) is 11.5 Å². The fourth-order valence-corrected chi connectivity index (χ4v) is 2.05. The number of hydrogen-bond donors (Lipinski definition) is 1. The molecule has 5 nitrogen and oxygen atoms in total. The second kappa shape index (κ2) is 8.50. The zero-order valence-electron chi connectivity index (χ0n) is 12.3. The number of carbonyl (C=O) groups excluding carboxylic acids is 1. The minimum atomic E-state index is -0.605. The maximum Gasteiger partial charge on any atom is 0.411 e. The maximum absolute atomic E-state index is 11.7. The Morgan fingerprint density at radius 2 is 1.78 bits per heavy atom. The van der Waals surface area contributed by atoms with Crippen LogP contribution in [-0.4, -0.2) is 26.4 Å². The summed E-state index contributed by atoms with van der Waals surface area (Å²) in [5, 5.41) is 3.31. The van der Waals surface area contributed by atoms with Gasteiger partial charge < -0.3 is 14.2 Å². The van der Waals surface area contributed by atoms with Crippen molar-refractivity contribution in [2.45, 2.75) is 0 Å². The molecule has 2 aromatic carbocycles. The highest BCUT2D eigenvalue weighted by atomic mass is 35.5. The summed E-state index contributed by atoms with van der Waals surface area (Å²) in [7, 11) is 1.56. The monoisotopic (exact) mass is 355 g/mol. The van der Waals surface area contributed by atoms with Crippen LogP contribution in [0.2, 0.25) is 10.0 Å². The third-order valence-corrected chi connectivity index (χ3v) is 3.55.